The summed E-state index contributed by atoms with van der Waals surface area (Å²) in [6.07, 6.45) is 0.653. The Morgan fingerprint density at radius 2 is 1.87 bits per heavy atom. The van der Waals surface area contributed by atoms with Crippen molar-refractivity contribution in [2.75, 3.05) is 19.8 Å². The van der Waals surface area contributed by atoms with Gasteiger partial charge >= 0.3 is 0 Å². The minimum Gasteiger partial charge on any atom is -0.490 e. The number of nitrogens with zero attached hydrogens (tertiary/aromatic N) is 1. The van der Waals surface area contributed by atoms with Gasteiger partial charge in [0, 0.05) is 29.0 Å². The van der Waals surface area contributed by atoms with E-state index < -0.39 is 0 Å². The standard InChI is InChI=1S/C23H25FN2O3S/c1-4-28-19-10-9-16(14-20(19)29-5-2)22(27)25-12-11-21-15(3)26-23(30-21)17-7-6-8-18(24)13-17/h6-10,13-14H,4-5,11-12H2,1-3H3,(H,25,27). The number of hydrogen-bond donors (Lipinski definition) is 1. The monoisotopic (exact) mass is 428 g/mol. The van der Waals surface area contributed by atoms with Crippen LogP contribution in [0.3, 0.4) is 0 Å². The third kappa shape index (κ3) is 5.36. The lowest BCUT2D eigenvalue weighted by molar-refractivity contribution is 0.0953. The molecule has 30 heavy (non-hydrogen) atoms. The lowest BCUT2D eigenvalue weighted by Gasteiger charge is -2.12. The fraction of sp³-hybridized carbons (Fsp3) is 0.304. The predicted octanol–water partition coefficient (Wildman–Crippen LogP) is 5.03. The van der Waals surface area contributed by atoms with Gasteiger partial charge in [-0.05, 0) is 51.1 Å². The highest BCUT2D eigenvalue weighted by Crippen LogP contribution is 2.29. The number of hydrogen-bond acceptors (Lipinski definition) is 5. The van der Waals surface area contributed by atoms with E-state index in [0.717, 1.165) is 21.1 Å². The average molecular weight is 429 g/mol. The first-order valence-electron chi connectivity index (χ1n) is 9.91. The Balaban J connectivity index is 1.63. The second-order valence-electron chi connectivity index (χ2n) is 6.57. The van der Waals surface area contributed by atoms with Gasteiger partial charge in [0.25, 0.3) is 5.91 Å². The summed E-state index contributed by atoms with van der Waals surface area (Å²) in [5, 5.41) is 3.72. The summed E-state index contributed by atoms with van der Waals surface area (Å²) in [5.74, 6) is 0.730. The Labute approximate surface area is 179 Å². The fourth-order valence-corrected chi connectivity index (χ4v) is 4.05. The molecule has 0 radical (unpaired) electrons. The van der Waals surface area contributed by atoms with Crippen LogP contribution in [0.4, 0.5) is 4.39 Å². The number of aromatic nitrogens is 1. The molecule has 3 rings (SSSR count). The molecule has 1 amide bonds. The van der Waals surface area contributed by atoms with Crippen molar-refractivity contribution in [2.24, 2.45) is 0 Å². The maximum Gasteiger partial charge on any atom is 0.251 e. The van der Waals surface area contributed by atoms with Crippen molar-refractivity contribution in [3.63, 3.8) is 0 Å². The second kappa shape index (κ2) is 10.2. The summed E-state index contributed by atoms with van der Waals surface area (Å²) in [6, 6.07) is 11.6. The summed E-state index contributed by atoms with van der Waals surface area (Å²) >= 11 is 1.52. The fourth-order valence-electron chi connectivity index (χ4n) is 2.99. The SMILES string of the molecule is CCOc1ccc(C(=O)NCCc2sc(-c3cccc(F)c3)nc2C)cc1OCC. The molecule has 0 atom stereocenters. The molecule has 158 valence electrons. The van der Waals surface area contributed by atoms with Gasteiger partial charge in [-0.15, -0.1) is 11.3 Å². The summed E-state index contributed by atoms with van der Waals surface area (Å²) in [6.45, 7) is 7.20. The van der Waals surface area contributed by atoms with Crippen molar-refractivity contribution < 1.29 is 18.7 Å². The van der Waals surface area contributed by atoms with Crippen LogP contribution in [0.5, 0.6) is 11.5 Å². The van der Waals surface area contributed by atoms with Crippen molar-refractivity contribution >= 4 is 17.2 Å². The van der Waals surface area contributed by atoms with Crippen molar-refractivity contribution in [1.29, 1.82) is 0 Å². The van der Waals surface area contributed by atoms with Gasteiger partial charge in [0.05, 0.1) is 18.9 Å². The summed E-state index contributed by atoms with van der Waals surface area (Å²) in [4.78, 5) is 18.2. The predicted molar refractivity (Wildman–Crippen MR) is 117 cm³/mol. The van der Waals surface area contributed by atoms with Crippen LogP contribution in [-0.2, 0) is 6.42 Å². The zero-order chi connectivity index (χ0) is 21.5. The highest BCUT2D eigenvalue weighted by atomic mass is 32.1. The summed E-state index contributed by atoms with van der Waals surface area (Å²) < 4.78 is 24.6. The maximum atomic E-state index is 13.5. The molecule has 0 saturated heterocycles. The van der Waals surface area contributed by atoms with Gasteiger partial charge in [0.1, 0.15) is 10.8 Å². The molecule has 0 bridgehead atoms. The molecule has 0 fully saturated rings. The van der Waals surface area contributed by atoms with E-state index in [1.165, 1.54) is 23.5 Å². The van der Waals surface area contributed by atoms with Gasteiger partial charge in [-0.3, -0.25) is 4.79 Å². The minimum absolute atomic E-state index is 0.175. The van der Waals surface area contributed by atoms with Crippen LogP contribution < -0.4 is 14.8 Å². The molecule has 0 unspecified atom stereocenters. The number of nitrogens with one attached hydrogen (secondary N) is 1. The molecule has 0 aliphatic carbocycles. The van der Waals surface area contributed by atoms with Crippen LogP contribution >= 0.6 is 11.3 Å². The van der Waals surface area contributed by atoms with E-state index in [1.807, 2.05) is 26.8 Å². The molecule has 0 saturated carbocycles. The summed E-state index contributed by atoms with van der Waals surface area (Å²) in [7, 11) is 0. The third-order valence-corrected chi connectivity index (χ3v) is 5.67. The van der Waals surface area contributed by atoms with Crippen LogP contribution in [-0.4, -0.2) is 30.6 Å². The molecular weight excluding hydrogens is 403 g/mol. The van der Waals surface area contributed by atoms with Crippen molar-refractivity contribution in [1.82, 2.24) is 10.3 Å². The number of rotatable bonds is 9. The Bertz CT molecular complexity index is 1020. The van der Waals surface area contributed by atoms with E-state index in [1.54, 1.807) is 24.3 Å². The van der Waals surface area contributed by atoms with Gasteiger partial charge in [-0.25, -0.2) is 9.37 Å². The number of benzene rings is 2. The first-order valence-corrected chi connectivity index (χ1v) is 10.7. The van der Waals surface area contributed by atoms with E-state index >= 15 is 0 Å². The molecule has 0 spiro atoms. The molecule has 2 aromatic carbocycles. The van der Waals surface area contributed by atoms with Gasteiger partial charge in [0.15, 0.2) is 11.5 Å². The Kier molecular flexibility index (Phi) is 7.41. The lowest BCUT2D eigenvalue weighted by Crippen LogP contribution is -2.25. The number of amides is 1. The molecule has 0 aliphatic rings. The van der Waals surface area contributed by atoms with Crippen molar-refractivity contribution in [3.05, 3.63) is 64.4 Å². The molecule has 1 N–H and O–H groups in total. The molecule has 1 heterocycles. The van der Waals surface area contributed by atoms with E-state index in [0.29, 0.717) is 43.2 Å². The quantitative estimate of drug-likeness (QED) is 0.519. The molecule has 5 nitrogen and oxygen atoms in total. The lowest BCUT2D eigenvalue weighted by atomic mass is 10.2. The second-order valence-corrected chi connectivity index (χ2v) is 7.66. The van der Waals surface area contributed by atoms with Crippen molar-refractivity contribution in [2.45, 2.75) is 27.2 Å². The number of carbonyl (C=O) groups is 1. The molecule has 3 aromatic rings. The topological polar surface area (TPSA) is 60.5 Å². The smallest absolute Gasteiger partial charge is 0.251 e. The zero-order valence-corrected chi connectivity index (χ0v) is 18.1. The number of aryl methyl sites for hydroxylation is 1. The normalized spacial score (nSPS) is 10.7. The van der Waals surface area contributed by atoms with E-state index in [2.05, 4.69) is 10.3 Å². The van der Waals surface area contributed by atoms with Gasteiger partial charge in [-0.2, -0.15) is 0 Å². The number of ether oxygens (including phenoxy) is 2. The van der Waals surface area contributed by atoms with Crippen molar-refractivity contribution in [3.8, 4) is 22.1 Å². The molecule has 1 aromatic heterocycles. The Morgan fingerprint density at radius 1 is 1.10 bits per heavy atom. The third-order valence-electron chi connectivity index (χ3n) is 4.41. The Morgan fingerprint density at radius 3 is 2.60 bits per heavy atom. The van der Waals surface area contributed by atoms with Gasteiger partial charge in [-0.1, -0.05) is 12.1 Å². The van der Waals surface area contributed by atoms with Crippen LogP contribution in [0.25, 0.3) is 10.6 Å². The molecule has 0 aliphatic heterocycles. The zero-order valence-electron chi connectivity index (χ0n) is 17.3. The van der Waals surface area contributed by atoms with Gasteiger partial charge in [0.2, 0.25) is 0 Å². The van der Waals surface area contributed by atoms with Crippen LogP contribution in [0, 0.1) is 12.7 Å². The van der Waals surface area contributed by atoms with Gasteiger partial charge < -0.3 is 14.8 Å². The number of halogens is 1. The molecule has 7 heteroatoms. The minimum atomic E-state index is -0.282. The first-order chi connectivity index (χ1) is 14.5. The largest absolute Gasteiger partial charge is 0.490 e. The van der Waals surface area contributed by atoms with E-state index in [9.17, 15) is 9.18 Å². The van der Waals surface area contributed by atoms with Crippen LogP contribution in [0.15, 0.2) is 42.5 Å². The van der Waals surface area contributed by atoms with Crippen LogP contribution in [0.2, 0.25) is 0 Å². The maximum absolute atomic E-state index is 13.5. The first kappa shape index (κ1) is 21.8. The highest BCUT2D eigenvalue weighted by Gasteiger charge is 2.13. The number of carbonyl (C=O) groups excluding carboxylic acids is 1. The Hall–Kier alpha value is -2.93. The molecular formula is C23H25FN2O3S. The van der Waals surface area contributed by atoms with Crippen LogP contribution in [0.1, 0.15) is 34.8 Å². The summed E-state index contributed by atoms with van der Waals surface area (Å²) in [5.41, 5.74) is 2.17. The van der Waals surface area contributed by atoms with E-state index in [4.69, 9.17) is 9.47 Å². The average Bonchev–Trinajstić information content (AvgIpc) is 3.10. The number of thiazole rings is 1. The highest BCUT2D eigenvalue weighted by molar-refractivity contribution is 7.15. The van der Waals surface area contributed by atoms with E-state index in [-0.39, 0.29) is 11.7 Å².